The number of nitrogens with one attached hydrogen (secondary N) is 2. The van der Waals surface area contributed by atoms with Gasteiger partial charge in [-0.1, -0.05) is 11.6 Å². The van der Waals surface area contributed by atoms with E-state index in [0.29, 0.717) is 23.9 Å². The van der Waals surface area contributed by atoms with Crippen LogP contribution in [0, 0.1) is 0 Å². The van der Waals surface area contributed by atoms with Gasteiger partial charge in [0.1, 0.15) is 6.10 Å². The van der Waals surface area contributed by atoms with Crippen LogP contribution in [0.1, 0.15) is 0 Å². The van der Waals surface area contributed by atoms with Crippen LogP contribution in [-0.2, 0) is 9.53 Å². The third-order valence-corrected chi connectivity index (χ3v) is 3.22. The summed E-state index contributed by atoms with van der Waals surface area (Å²) in [4.78, 5) is 13.9. The first-order chi connectivity index (χ1) is 9.08. The highest BCUT2D eigenvalue weighted by atomic mass is 35.5. The van der Waals surface area contributed by atoms with Crippen LogP contribution >= 0.6 is 11.6 Å². The second-order valence-corrected chi connectivity index (χ2v) is 5.02. The van der Waals surface area contributed by atoms with Crippen molar-refractivity contribution in [1.29, 1.82) is 0 Å². The summed E-state index contributed by atoms with van der Waals surface area (Å²) in [5, 5.41) is 6.53. The van der Waals surface area contributed by atoms with E-state index in [1.165, 1.54) is 0 Å². The van der Waals surface area contributed by atoms with E-state index < -0.39 is 6.10 Å². The molecule has 0 radical (unpaired) electrons. The Bertz CT molecular complexity index is 459. The van der Waals surface area contributed by atoms with Crippen LogP contribution in [0.25, 0.3) is 0 Å². The van der Waals surface area contributed by atoms with Crippen LogP contribution in [0.2, 0.25) is 5.02 Å². The number of amides is 1. The molecule has 1 atom stereocenters. The number of hydrogen-bond acceptors (Lipinski definition) is 4. The number of hydrogen-bond donors (Lipinski definition) is 2. The number of carbonyl (C=O) groups excluding carboxylic acids is 1. The third-order valence-electron chi connectivity index (χ3n) is 2.92. The summed E-state index contributed by atoms with van der Waals surface area (Å²) in [6, 6.07) is 5.44. The lowest BCUT2D eigenvalue weighted by molar-refractivity contribution is -0.128. The molecule has 1 amide bonds. The van der Waals surface area contributed by atoms with Crippen molar-refractivity contribution in [1.82, 2.24) is 5.32 Å². The molecule has 5 nitrogen and oxygen atoms in total. The van der Waals surface area contributed by atoms with Gasteiger partial charge in [-0.15, -0.1) is 0 Å². The minimum Gasteiger partial charge on any atom is -0.376 e. The van der Waals surface area contributed by atoms with Crippen molar-refractivity contribution in [3.8, 4) is 0 Å². The lowest BCUT2D eigenvalue weighted by Gasteiger charge is -2.23. The maximum absolute atomic E-state index is 12.0. The maximum Gasteiger partial charge on any atom is 0.254 e. The number of nitrogens with zero attached hydrogens (tertiary/aromatic N) is 1. The van der Waals surface area contributed by atoms with Crippen molar-refractivity contribution >= 4 is 28.9 Å². The van der Waals surface area contributed by atoms with Crippen LogP contribution in [0.5, 0.6) is 0 Å². The van der Waals surface area contributed by atoms with E-state index in [-0.39, 0.29) is 5.91 Å². The Morgan fingerprint density at radius 2 is 2.32 bits per heavy atom. The summed E-state index contributed by atoms with van der Waals surface area (Å²) in [5.41, 5.74) is 1.59. The predicted octanol–water partition coefficient (Wildman–Crippen LogP) is 1.33. The molecule has 0 saturated carbocycles. The highest BCUT2D eigenvalue weighted by Gasteiger charge is 2.21. The Hall–Kier alpha value is -1.30. The Balaban J connectivity index is 2.02. The minimum absolute atomic E-state index is 0.152. The van der Waals surface area contributed by atoms with Gasteiger partial charge in [0.2, 0.25) is 0 Å². The number of anilines is 2. The smallest absolute Gasteiger partial charge is 0.254 e. The van der Waals surface area contributed by atoms with E-state index in [4.69, 9.17) is 16.3 Å². The van der Waals surface area contributed by atoms with Crippen molar-refractivity contribution < 1.29 is 9.53 Å². The van der Waals surface area contributed by atoms with Gasteiger partial charge in [-0.05, 0) is 18.2 Å². The van der Waals surface area contributed by atoms with Crippen molar-refractivity contribution in [2.24, 2.45) is 0 Å². The summed E-state index contributed by atoms with van der Waals surface area (Å²) >= 11 is 6.16. The zero-order valence-electron chi connectivity index (χ0n) is 11.1. The third kappa shape index (κ3) is 3.59. The van der Waals surface area contributed by atoms with Gasteiger partial charge in [0.25, 0.3) is 5.91 Å². The molecule has 1 aromatic carbocycles. The van der Waals surface area contributed by atoms with Crippen molar-refractivity contribution in [3.05, 3.63) is 23.2 Å². The first-order valence-electron chi connectivity index (χ1n) is 6.18. The van der Waals surface area contributed by atoms with E-state index in [1.807, 2.05) is 31.1 Å². The maximum atomic E-state index is 12.0. The first-order valence-corrected chi connectivity index (χ1v) is 6.56. The molecule has 2 rings (SSSR count). The van der Waals surface area contributed by atoms with E-state index in [2.05, 4.69) is 10.6 Å². The molecule has 6 heteroatoms. The fourth-order valence-electron chi connectivity index (χ4n) is 1.90. The zero-order chi connectivity index (χ0) is 13.8. The quantitative estimate of drug-likeness (QED) is 0.879. The molecule has 1 fully saturated rings. The molecule has 1 unspecified atom stereocenters. The number of ether oxygens (including phenoxy) is 1. The van der Waals surface area contributed by atoms with E-state index >= 15 is 0 Å². The zero-order valence-corrected chi connectivity index (χ0v) is 11.8. The van der Waals surface area contributed by atoms with Crippen LogP contribution in [0.4, 0.5) is 11.4 Å². The highest BCUT2D eigenvalue weighted by Crippen LogP contribution is 2.27. The molecule has 1 heterocycles. The molecule has 0 bridgehead atoms. The molecule has 0 spiro atoms. The van der Waals surface area contributed by atoms with Gasteiger partial charge >= 0.3 is 0 Å². The predicted molar refractivity (Wildman–Crippen MR) is 77.0 cm³/mol. The van der Waals surface area contributed by atoms with Gasteiger partial charge in [0, 0.05) is 32.9 Å². The molecule has 104 valence electrons. The van der Waals surface area contributed by atoms with Crippen molar-refractivity contribution in [3.63, 3.8) is 0 Å². The summed E-state index contributed by atoms with van der Waals surface area (Å²) < 4.78 is 5.39. The molecule has 0 aliphatic carbocycles. The second-order valence-electron chi connectivity index (χ2n) is 4.61. The fourth-order valence-corrected chi connectivity index (χ4v) is 2.25. The normalized spacial score (nSPS) is 19.0. The number of benzene rings is 1. The van der Waals surface area contributed by atoms with Crippen molar-refractivity contribution in [2.75, 3.05) is 44.0 Å². The van der Waals surface area contributed by atoms with Gasteiger partial charge in [-0.2, -0.15) is 0 Å². The number of morpholine rings is 1. The van der Waals surface area contributed by atoms with Crippen LogP contribution in [0.3, 0.4) is 0 Å². The summed E-state index contributed by atoms with van der Waals surface area (Å²) in [7, 11) is 3.84. The number of halogens is 1. The summed E-state index contributed by atoms with van der Waals surface area (Å²) in [6.07, 6.45) is -0.443. The van der Waals surface area contributed by atoms with Gasteiger partial charge in [0.15, 0.2) is 0 Å². The molecule has 1 aliphatic rings. The van der Waals surface area contributed by atoms with Gasteiger partial charge in [-0.25, -0.2) is 0 Å². The lowest BCUT2D eigenvalue weighted by atomic mass is 10.2. The van der Waals surface area contributed by atoms with Gasteiger partial charge < -0.3 is 20.3 Å². The molecule has 19 heavy (non-hydrogen) atoms. The average molecular weight is 284 g/mol. The Morgan fingerprint density at radius 3 is 2.89 bits per heavy atom. The highest BCUT2D eigenvalue weighted by molar-refractivity contribution is 6.33. The Kier molecular flexibility index (Phi) is 4.63. The second kappa shape index (κ2) is 6.23. The molecule has 1 aliphatic heterocycles. The van der Waals surface area contributed by atoms with E-state index in [9.17, 15) is 4.79 Å². The van der Waals surface area contributed by atoms with Crippen LogP contribution in [-0.4, -0.2) is 45.8 Å². The fraction of sp³-hybridized carbons (Fsp3) is 0.462. The van der Waals surface area contributed by atoms with E-state index in [0.717, 1.165) is 12.2 Å². The summed E-state index contributed by atoms with van der Waals surface area (Å²) in [6.45, 7) is 1.88. The lowest BCUT2D eigenvalue weighted by Crippen LogP contribution is -2.45. The number of carbonyl (C=O) groups is 1. The minimum atomic E-state index is -0.443. The molecular weight excluding hydrogens is 266 g/mol. The van der Waals surface area contributed by atoms with Gasteiger partial charge in [0.05, 0.1) is 17.3 Å². The first kappa shape index (κ1) is 14.1. The topological polar surface area (TPSA) is 53.6 Å². The summed E-state index contributed by atoms with van der Waals surface area (Å²) in [5.74, 6) is -0.152. The SMILES string of the molecule is CN(C)c1ccc(NC(=O)C2CNCCO2)cc1Cl. The monoisotopic (exact) mass is 283 g/mol. The molecular formula is C13H18ClN3O2. The molecule has 2 N–H and O–H groups in total. The van der Waals surface area contributed by atoms with Gasteiger partial charge in [-0.3, -0.25) is 4.79 Å². The van der Waals surface area contributed by atoms with E-state index in [1.54, 1.807) is 6.07 Å². The molecule has 1 saturated heterocycles. The average Bonchev–Trinajstić information content (AvgIpc) is 2.39. The van der Waals surface area contributed by atoms with Crippen LogP contribution in [0.15, 0.2) is 18.2 Å². The largest absolute Gasteiger partial charge is 0.376 e. The van der Waals surface area contributed by atoms with Crippen molar-refractivity contribution in [2.45, 2.75) is 6.10 Å². The molecule has 0 aromatic heterocycles. The Morgan fingerprint density at radius 1 is 1.53 bits per heavy atom. The van der Waals surface area contributed by atoms with Crippen LogP contribution < -0.4 is 15.5 Å². The number of rotatable bonds is 3. The standard InChI is InChI=1S/C13H18ClN3O2/c1-17(2)11-4-3-9(7-10(11)14)16-13(18)12-8-15-5-6-19-12/h3-4,7,12,15H,5-6,8H2,1-2H3,(H,16,18). The Labute approximate surface area is 117 Å². The molecule has 1 aromatic rings.